The summed E-state index contributed by atoms with van der Waals surface area (Å²) >= 11 is 0. The SMILES string of the molecule is COc1ccc(C(=O)N2CCc3[nH]nc(-c4ccc(C(F)(F)F)cc4)c3C2)o1. The van der Waals surface area contributed by atoms with Crippen LogP contribution < -0.4 is 4.74 Å². The molecule has 1 aromatic carbocycles. The van der Waals surface area contributed by atoms with Gasteiger partial charge in [-0.3, -0.25) is 9.89 Å². The van der Waals surface area contributed by atoms with Crippen molar-refractivity contribution in [1.29, 1.82) is 0 Å². The van der Waals surface area contributed by atoms with Crippen LogP contribution in [0, 0.1) is 0 Å². The van der Waals surface area contributed by atoms with Gasteiger partial charge in [0.15, 0.2) is 5.76 Å². The Morgan fingerprint density at radius 2 is 1.96 bits per heavy atom. The number of ether oxygens (including phenoxy) is 1. The van der Waals surface area contributed by atoms with Crippen molar-refractivity contribution in [2.75, 3.05) is 13.7 Å². The van der Waals surface area contributed by atoms with Gasteiger partial charge in [-0.1, -0.05) is 12.1 Å². The highest BCUT2D eigenvalue weighted by Crippen LogP contribution is 2.33. The number of amides is 1. The highest BCUT2D eigenvalue weighted by atomic mass is 19.4. The van der Waals surface area contributed by atoms with Crippen molar-refractivity contribution in [3.8, 4) is 17.2 Å². The van der Waals surface area contributed by atoms with Crippen molar-refractivity contribution >= 4 is 5.91 Å². The number of aromatic nitrogens is 2. The van der Waals surface area contributed by atoms with E-state index in [0.29, 0.717) is 24.2 Å². The molecule has 146 valence electrons. The van der Waals surface area contributed by atoms with Crippen LogP contribution in [-0.2, 0) is 19.1 Å². The summed E-state index contributed by atoms with van der Waals surface area (Å²) < 4.78 is 48.6. The molecule has 3 heterocycles. The summed E-state index contributed by atoms with van der Waals surface area (Å²) in [6.07, 6.45) is -3.83. The molecule has 1 amide bonds. The standard InChI is InChI=1S/C19H16F3N3O3/c1-27-16-7-6-15(28-16)18(26)25-9-8-14-13(10-25)17(24-23-14)11-2-4-12(5-3-11)19(20,21)22/h2-7H,8-10H2,1H3,(H,23,24). The van der Waals surface area contributed by atoms with Crippen LogP contribution in [0.1, 0.15) is 27.4 Å². The summed E-state index contributed by atoms with van der Waals surface area (Å²) in [6, 6.07) is 7.93. The molecule has 1 aliphatic rings. The van der Waals surface area contributed by atoms with Crippen LogP contribution in [0.3, 0.4) is 0 Å². The van der Waals surface area contributed by atoms with Crippen LogP contribution in [0.2, 0.25) is 0 Å². The molecule has 0 radical (unpaired) electrons. The van der Waals surface area contributed by atoms with Crippen LogP contribution in [-0.4, -0.2) is 34.7 Å². The van der Waals surface area contributed by atoms with Crippen molar-refractivity contribution in [1.82, 2.24) is 15.1 Å². The zero-order chi connectivity index (χ0) is 19.9. The van der Waals surface area contributed by atoms with Gasteiger partial charge in [0, 0.05) is 35.9 Å². The van der Waals surface area contributed by atoms with Crippen molar-refractivity contribution < 1.29 is 27.1 Å². The van der Waals surface area contributed by atoms with Gasteiger partial charge in [0.05, 0.1) is 24.9 Å². The number of H-pyrrole nitrogens is 1. The van der Waals surface area contributed by atoms with E-state index in [2.05, 4.69) is 10.2 Å². The van der Waals surface area contributed by atoms with E-state index in [4.69, 9.17) is 9.15 Å². The predicted molar refractivity (Wildman–Crippen MR) is 92.7 cm³/mol. The van der Waals surface area contributed by atoms with Gasteiger partial charge in [-0.2, -0.15) is 18.3 Å². The van der Waals surface area contributed by atoms with Crippen LogP contribution in [0.25, 0.3) is 11.3 Å². The van der Waals surface area contributed by atoms with Gasteiger partial charge in [0.25, 0.3) is 11.9 Å². The van der Waals surface area contributed by atoms with Crippen LogP contribution in [0.4, 0.5) is 13.2 Å². The third-order valence-electron chi connectivity index (χ3n) is 4.70. The molecule has 0 saturated heterocycles. The normalized spacial score (nSPS) is 14.1. The highest BCUT2D eigenvalue weighted by molar-refractivity contribution is 5.92. The van der Waals surface area contributed by atoms with Crippen LogP contribution in [0.15, 0.2) is 40.8 Å². The fourth-order valence-corrected chi connectivity index (χ4v) is 3.22. The first kappa shape index (κ1) is 18.1. The van der Waals surface area contributed by atoms with Crippen molar-refractivity contribution in [3.63, 3.8) is 0 Å². The number of benzene rings is 1. The van der Waals surface area contributed by atoms with Gasteiger partial charge in [-0.25, -0.2) is 0 Å². The number of hydrogen-bond donors (Lipinski definition) is 1. The summed E-state index contributed by atoms with van der Waals surface area (Å²) in [7, 11) is 1.45. The molecular formula is C19H16F3N3O3. The maximum absolute atomic E-state index is 12.8. The van der Waals surface area contributed by atoms with Crippen molar-refractivity contribution in [2.24, 2.45) is 0 Å². The van der Waals surface area contributed by atoms with E-state index in [1.165, 1.54) is 19.2 Å². The smallest absolute Gasteiger partial charge is 0.416 e. The summed E-state index contributed by atoms with van der Waals surface area (Å²) in [5.74, 6) is 0.128. The average Bonchev–Trinajstić information content (AvgIpc) is 3.33. The zero-order valence-electron chi connectivity index (χ0n) is 14.8. The number of rotatable bonds is 3. The molecule has 3 aromatic rings. The summed E-state index contributed by atoms with van der Waals surface area (Å²) in [6.45, 7) is 0.757. The van der Waals surface area contributed by atoms with E-state index in [9.17, 15) is 18.0 Å². The maximum atomic E-state index is 12.8. The number of alkyl halides is 3. The molecule has 0 aliphatic carbocycles. The Labute approximate surface area is 157 Å². The molecule has 0 atom stereocenters. The van der Waals surface area contributed by atoms with Crippen LogP contribution in [0.5, 0.6) is 5.95 Å². The molecule has 4 rings (SSSR count). The second-order valence-corrected chi connectivity index (χ2v) is 6.40. The van der Waals surface area contributed by atoms with Gasteiger partial charge in [0.1, 0.15) is 0 Å². The molecule has 0 bridgehead atoms. The summed E-state index contributed by atoms with van der Waals surface area (Å²) in [4.78, 5) is 14.3. The Balaban J connectivity index is 1.59. The first-order chi connectivity index (χ1) is 13.4. The number of carbonyl (C=O) groups is 1. The van der Waals surface area contributed by atoms with Gasteiger partial charge < -0.3 is 14.1 Å². The zero-order valence-corrected chi connectivity index (χ0v) is 14.8. The molecule has 1 aliphatic heterocycles. The van der Waals surface area contributed by atoms with E-state index >= 15 is 0 Å². The lowest BCUT2D eigenvalue weighted by Gasteiger charge is -2.26. The number of methoxy groups -OCH3 is 1. The van der Waals surface area contributed by atoms with Crippen molar-refractivity contribution in [3.05, 3.63) is 59.0 Å². The number of halogens is 3. The topological polar surface area (TPSA) is 71.4 Å². The molecule has 6 nitrogen and oxygen atoms in total. The summed E-state index contributed by atoms with van der Waals surface area (Å²) in [5.41, 5.74) is 2.04. The van der Waals surface area contributed by atoms with Gasteiger partial charge >= 0.3 is 6.18 Å². The molecule has 0 unspecified atom stereocenters. The highest BCUT2D eigenvalue weighted by Gasteiger charge is 2.31. The molecular weight excluding hydrogens is 375 g/mol. The number of fused-ring (bicyclic) bond motifs is 1. The minimum atomic E-state index is -4.39. The Hall–Kier alpha value is -3.23. The Bertz CT molecular complexity index is 1010. The fourth-order valence-electron chi connectivity index (χ4n) is 3.22. The van der Waals surface area contributed by atoms with E-state index in [0.717, 1.165) is 23.4 Å². The van der Waals surface area contributed by atoms with Gasteiger partial charge in [-0.05, 0) is 18.2 Å². The van der Waals surface area contributed by atoms with Gasteiger partial charge in [0.2, 0.25) is 0 Å². The largest absolute Gasteiger partial charge is 0.468 e. The minimum absolute atomic E-state index is 0.167. The fraction of sp³-hybridized carbons (Fsp3) is 0.263. The monoisotopic (exact) mass is 391 g/mol. The first-order valence-electron chi connectivity index (χ1n) is 8.53. The molecule has 0 spiro atoms. The second-order valence-electron chi connectivity index (χ2n) is 6.40. The van der Waals surface area contributed by atoms with E-state index in [1.54, 1.807) is 17.0 Å². The lowest BCUT2D eigenvalue weighted by Crippen LogP contribution is -2.35. The molecule has 0 saturated carbocycles. The van der Waals surface area contributed by atoms with Gasteiger partial charge in [-0.15, -0.1) is 0 Å². The number of aromatic amines is 1. The third kappa shape index (κ3) is 3.23. The van der Waals surface area contributed by atoms with E-state index < -0.39 is 11.7 Å². The minimum Gasteiger partial charge on any atom is -0.468 e. The number of nitrogens with zero attached hydrogens (tertiary/aromatic N) is 2. The number of hydrogen-bond acceptors (Lipinski definition) is 4. The molecule has 9 heteroatoms. The summed E-state index contributed by atoms with van der Waals surface area (Å²) in [5, 5.41) is 7.18. The average molecular weight is 391 g/mol. The molecule has 1 N–H and O–H groups in total. The lowest BCUT2D eigenvalue weighted by molar-refractivity contribution is -0.137. The van der Waals surface area contributed by atoms with Crippen molar-refractivity contribution in [2.45, 2.75) is 19.1 Å². The van der Waals surface area contributed by atoms with E-state index in [-0.39, 0.29) is 24.2 Å². The Morgan fingerprint density at radius 3 is 2.61 bits per heavy atom. The lowest BCUT2D eigenvalue weighted by atomic mass is 10.00. The van der Waals surface area contributed by atoms with Crippen LogP contribution >= 0.6 is 0 Å². The quantitative estimate of drug-likeness (QED) is 0.735. The second kappa shape index (κ2) is 6.74. The third-order valence-corrected chi connectivity index (χ3v) is 4.70. The Kier molecular flexibility index (Phi) is 4.37. The number of nitrogens with one attached hydrogen (secondary N) is 1. The molecule has 28 heavy (non-hydrogen) atoms. The first-order valence-corrected chi connectivity index (χ1v) is 8.53. The maximum Gasteiger partial charge on any atom is 0.416 e. The predicted octanol–water partition coefficient (Wildman–Crippen LogP) is 3.90. The Morgan fingerprint density at radius 1 is 1.21 bits per heavy atom. The number of furan rings is 1. The van der Waals surface area contributed by atoms with E-state index in [1.807, 2.05) is 0 Å². The molecule has 2 aromatic heterocycles. The number of carbonyl (C=O) groups excluding carboxylic acids is 1. The molecule has 0 fully saturated rings.